The van der Waals surface area contributed by atoms with Gasteiger partial charge in [-0.3, -0.25) is 5.32 Å². The molecule has 0 radical (unpaired) electrons. The monoisotopic (exact) mass is 432 g/mol. The van der Waals surface area contributed by atoms with Gasteiger partial charge in [-0.25, -0.2) is 9.78 Å². The minimum atomic E-state index is -0.532. The Labute approximate surface area is 183 Å². The van der Waals surface area contributed by atoms with Crippen molar-refractivity contribution in [1.82, 2.24) is 14.8 Å². The Balaban J connectivity index is 1.72. The van der Waals surface area contributed by atoms with Crippen LogP contribution in [0.15, 0.2) is 54.7 Å². The van der Waals surface area contributed by atoms with Gasteiger partial charge in [-0.2, -0.15) is 15.0 Å². The van der Waals surface area contributed by atoms with E-state index in [2.05, 4.69) is 20.7 Å². The molecule has 0 aliphatic carbocycles. The van der Waals surface area contributed by atoms with Crippen molar-refractivity contribution in [3.8, 4) is 17.6 Å². The number of nitriles is 1. The maximum atomic E-state index is 12.6. The number of carbonyl (C=O) groups excluding carboxylic acids is 1. The molecule has 154 valence electrons. The van der Waals surface area contributed by atoms with Crippen molar-refractivity contribution < 1.29 is 9.53 Å². The normalized spacial score (nSPS) is 10.5. The summed E-state index contributed by atoms with van der Waals surface area (Å²) in [6, 6.07) is 15.7. The summed E-state index contributed by atoms with van der Waals surface area (Å²) in [6.45, 7) is 1.95. The molecule has 0 saturated heterocycles. The Hall–Kier alpha value is -4.09. The zero-order valence-electron chi connectivity index (χ0n) is 16.7. The highest BCUT2D eigenvalue weighted by Crippen LogP contribution is 2.29. The molecule has 4 rings (SSSR count). The van der Waals surface area contributed by atoms with E-state index in [9.17, 15) is 10.1 Å². The number of fused-ring (bicyclic) bond motifs is 1. The lowest BCUT2D eigenvalue weighted by Gasteiger charge is -2.13. The molecule has 31 heavy (non-hydrogen) atoms. The van der Waals surface area contributed by atoms with Crippen LogP contribution in [0.25, 0.3) is 16.7 Å². The van der Waals surface area contributed by atoms with Crippen molar-refractivity contribution in [2.45, 2.75) is 6.92 Å². The number of para-hydroxylation sites is 1. The molecule has 0 saturated carbocycles. The Morgan fingerprint density at radius 2 is 1.97 bits per heavy atom. The van der Waals surface area contributed by atoms with Crippen LogP contribution in [0.3, 0.4) is 0 Å². The van der Waals surface area contributed by atoms with Gasteiger partial charge in [-0.05, 0) is 48.9 Å². The Bertz CT molecular complexity index is 1320. The highest BCUT2D eigenvalue weighted by atomic mass is 35.5. The van der Waals surface area contributed by atoms with E-state index in [-0.39, 0.29) is 11.4 Å². The fourth-order valence-electron chi connectivity index (χ4n) is 3.17. The molecule has 0 aliphatic heterocycles. The van der Waals surface area contributed by atoms with Crippen LogP contribution in [0, 0.1) is 18.3 Å². The van der Waals surface area contributed by atoms with Crippen LogP contribution < -0.4 is 15.4 Å². The molecular weight excluding hydrogens is 416 g/mol. The zero-order valence-corrected chi connectivity index (χ0v) is 17.4. The van der Waals surface area contributed by atoms with Gasteiger partial charge >= 0.3 is 6.03 Å². The number of urea groups is 1. The third kappa shape index (κ3) is 3.99. The van der Waals surface area contributed by atoms with Crippen molar-refractivity contribution in [3.63, 3.8) is 0 Å². The molecule has 0 bridgehead atoms. The Kier molecular flexibility index (Phi) is 5.43. The predicted octanol–water partition coefficient (Wildman–Crippen LogP) is 4.91. The number of anilines is 2. The van der Waals surface area contributed by atoms with E-state index in [0.717, 1.165) is 10.9 Å². The fourth-order valence-corrected chi connectivity index (χ4v) is 3.30. The van der Waals surface area contributed by atoms with E-state index in [4.69, 9.17) is 16.3 Å². The number of halogens is 1. The Morgan fingerprint density at radius 3 is 2.68 bits per heavy atom. The third-order valence-electron chi connectivity index (χ3n) is 4.66. The second kappa shape index (κ2) is 8.34. The van der Waals surface area contributed by atoms with E-state index >= 15 is 0 Å². The molecule has 2 aromatic heterocycles. The summed E-state index contributed by atoms with van der Waals surface area (Å²) < 4.78 is 6.85. The molecule has 0 spiro atoms. The number of carbonyl (C=O) groups is 1. The molecule has 9 heteroatoms. The van der Waals surface area contributed by atoms with E-state index in [1.165, 1.54) is 10.9 Å². The molecule has 2 amide bonds. The summed E-state index contributed by atoms with van der Waals surface area (Å²) in [5.41, 5.74) is 2.36. The molecule has 2 aromatic carbocycles. The lowest BCUT2D eigenvalue weighted by atomic mass is 10.1. The summed E-state index contributed by atoms with van der Waals surface area (Å²) in [4.78, 5) is 17.2. The number of pyridine rings is 1. The highest BCUT2D eigenvalue weighted by Gasteiger charge is 2.18. The highest BCUT2D eigenvalue weighted by molar-refractivity contribution is 6.30. The summed E-state index contributed by atoms with van der Waals surface area (Å²) in [5, 5.41) is 20.6. The second-order valence-electron chi connectivity index (χ2n) is 6.67. The van der Waals surface area contributed by atoms with E-state index in [1.807, 2.05) is 37.3 Å². The first kappa shape index (κ1) is 20.2. The number of aromatic nitrogens is 3. The number of rotatable bonds is 4. The van der Waals surface area contributed by atoms with Crippen LogP contribution >= 0.6 is 11.6 Å². The van der Waals surface area contributed by atoms with Crippen LogP contribution in [0.1, 0.15) is 11.1 Å². The van der Waals surface area contributed by atoms with Gasteiger partial charge in [-0.15, -0.1) is 0 Å². The SMILES string of the molecule is COc1cccc2c(C)cc(-n3ncc(C#N)c3NC(=O)Nc3ccc(Cl)cc3)nc12. The van der Waals surface area contributed by atoms with Crippen LogP contribution in [-0.2, 0) is 0 Å². The number of nitrogens with zero attached hydrogens (tertiary/aromatic N) is 4. The molecule has 0 aliphatic rings. The number of benzene rings is 2. The predicted molar refractivity (Wildman–Crippen MR) is 119 cm³/mol. The lowest BCUT2D eigenvalue weighted by molar-refractivity contribution is 0.262. The largest absolute Gasteiger partial charge is 0.494 e. The molecule has 0 atom stereocenters. The molecule has 2 heterocycles. The van der Waals surface area contributed by atoms with Crippen LogP contribution in [0.2, 0.25) is 5.02 Å². The van der Waals surface area contributed by atoms with Crippen LogP contribution in [0.4, 0.5) is 16.3 Å². The van der Waals surface area contributed by atoms with Crippen molar-refractivity contribution in [2.75, 3.05) is 17.7 Å². The lowest BCUT2D eigenvalue weighted by Crippen LogP contribution is -2.22. The van der Waals surface area contributed by atoms with Crippen molar-refractivity contribution >= 4 is 40.0 Å². The fraction of sp³-hybridized carbons (Fsp3) is 0.0909. The summed E-state index contributed by atoms with van der Waals surface area (Å²) in [5.74, 6) is 1.26. The number of nitrogens with one attached hydrogen (secondary N) is 2. The minimum absolute atomic E-state index is 0.200. The molecule has 0 unspecified atom stereocenters. The number of aryl methyl sites for hydroxylation is 1. The van der Waals surface area contributed by atoms with E-state index in [1.54, 1.807) is 31.4 Å². The van der Waals surface area contributed by atoms with Gasteiger partial charge in [0.15, 0.2) is 11.6 Å². The van der Waals surface area contributed by atoms with E-state index < -0.39 is 6.03 Å². The van der Waals surface area contributed by atoms with Crippen LogP contribution in [0.5, 0.6) is 5.75 Å². The average Bonchev–Trinajstić information content (AvgIpc) is 3.17. The number of hydrogen-bond donors (Lipinski definition) is 2. The molecular formula is C22H17ClN6O2. The van der Waals surface area contributed by atoms with Gasteiger partial charge in [0.1, 0.15) is 22.9 Å². The zero-order chi connectivity index (χ0) is 22.0. The van der Waals surface area contributed by atoms with Gasteiger partial charge in [0.05, 0.1) is 13.3 Å². The van der Waals surface area contributed by atoms with Gasteiger partial charge in [0, 0.05) is 16.1 Å². The minimum Gasteiger partial charge on any atom is -0.494 e. The summed E-state index contributed by atoms with van der Waals surface area (Å²) in [7, 11) is 1.58. The van der Waals surface area contributed by atoms with Gasteiger partial charge in [0.25, 0.3) is 0 Å². The van der Waals surface area contributed by atoms with Gasteiger partial charge < -0.3 is 10.1 Å². The van der Waals surface area contributed by atoms with Gasteiger partial charge in [0.2, 0.25) is 0 Å². The first-order chi connectivity index (χ1) is 15.0. The molecule has 0 fully saturated rings. The van der Waals surface area contributed by atoms with E-state index in [0.29, 0.717) is 27.8 Å². The van der Waals surface area contributed by atoms with Gasteiger partial charge in [-0.1, -0.05) is 23.7 Å². The Morgan fingerprint density at radius 1 is 1.19 bits per heavy atom. The van der Waals surface area contributed by atoms with Crippen molar-refractivity contribution in [3.05, 3.63) is 70.9 Å². The van der Waals surface area contributed by atoms with Crippen molar-refractivity contribution in [2.24, 2.45) is 0 Å². The standard InChI is InChI=1S/C22H17ClN6O2/c1-13-10-19(27-20-17(13)4-3-5-18(20)31-2)29-21(14(11-24)12-25-29)28-22(30)26-16-8-6-15(23)7-9-16/h3-10,12H,1-2H3,(H2,26,28,30). The quantitative estimate of drug-likeness (QED) is 0.476. The number of ether oxygens (including phenoxy) is 1. The number of hydrogen-bond acceptors (Lipinski definition) is 5. The topological polar surface area (TPSA) is 105 Å². The molecule has 4 aromatic rings. The summed E-state index contributed by atoms with van der Waals surface area (Å²) in [6.07, 6.45) is 1.38. The average molecular weight is 433 g/mol. The number of amides is 2. The first-order valence-electron chi connectivity index (χ1n) is 9.26. The van der Waals surface area contributed by atoms with Crippen molar-refractivity contribution in [1.29, 1.82) is 5.26 Å². The maximum absolute atomic E-state index is 12.6. The summed E-state index contributed by atoms with van der Waals surface area (Å²) >= 11 is 5.88. The molecule has 2 N–H and O–H groups in total. The first-order valence-corrected chi connectivity index (χ1v) is 9.64. The second-order valence-corrected chi connectivity index (χ2v) is 7.11. The van der Waals surface area contributed by atoms with Crippen LogP contribution in [-0.4, -0.2) is 27.9 Å². The number of methoxy groups -OCH3 is 1. The molecule has 8 nitrogen and oxygen atoms in total. The smallest absolute Gasteiger partial charge is 0.324 e. The third-order valence-corrected chi connectivity index (χ3v) is 4.91. The maximum Gasteiger partial charge on any atom is 0.324 e.